The third-order valence-corrected chi connectivity index (χ3v) is 8.18. The Bertz CT molecular complexity index is 1440. The number of methoxy groups -OCH3 is 1. The molecule has 5 rings (SSSR count). The van der Waals surface area contributed by atoms with E-state index in [1.54, 1.807) is 32.2 Å². The highest BCUT2D eigenvalue weighted by molar-refractivity contribution is 7.11. The van der Waals surface area contributed by atoms with Gasteiger partial charge in [-0.1, -0.05) is 12.1 Å². The summed E-state index contributed by atoms with van der Waals surface area (Å²) in [5.41, 5.74) is 2.71. The number of rotatable bonds is 8. The van der Waals surface area contributed by atoms with Gasteiger partial charge in [-0.3, -0.25) is 9.79 Å². The molecular weight excluding hydrogens is 535 g/mol. The van der Waals surface area contributed by atoms with Gasteiger partial charge in [0, 0.05) is 23.2 Å². The predicted molar refractivity (Wildman–Crippen MR) is 146 cm³/mol. The average molecular weight is 567 g/mol. The molecule has 1 N–H and O–H groups in total. The molecule has 2 aliphatic rings. The molecule has 0 amide bonds. The van der Waals surface area contributed by atoms with Gasteiger partial charge in [0.25, 0.3) is 0 Å². The van der Waals surface area contributed by atoms with E-state index in [-0.39, 0.29) is 30.0 Å². The molecule has 1 aromatic carbocycles. The third kappa shape index (κ3) is 5.70. The van der Waals surface area contributed by atoms with Crippen molar-refractivity contribution < 1.29 is 27.9 Å². The van der Waals surface area contributed by atoms with Crippen molar-refractivity contribution in [2.45, 2.75) is 57.9 Å². The first-order valence-electron chi connectivity index (χ1n) is 13.3. The first-order valence-corrected chi connectivity index (χ1v) is 14.2. The van der Waals surface area contributed by atoms with Gasteiger partial charge in [0.1, 0.15) is 18.1 Å². The van der Waals surface area contributed by atoms with Crippen molar-refractivity contribution in [2.24, 2.45) is 10.9 Å². The van der Waals surface area contributed by atoms with E-state index in [0.29, 0.717) is 45.7 Å². The number of ether oxygens (including phenoxy) is 2. The van der Waals surface area contributed by atoms with Gasteiger partial charge in [-0.05, 0) is 62.6 Å². The number of hydrogen-bond acceptors (Lipinski definition) is 10. The first-order chi connectivity index (χ1) is 19.4. The summed E-state index contributed by atoms with van der Waals surface area (Å²) in [5.74, 6) is 0.0441. The summed E-state index contributed by atoms with van der Waals surface area (Å²) in [5, 5.41) is 5.95. The van der Waals surface area contributed by atoms with Crippen LogP contribution >= 0.6 is 11.3 Å². The zero-order valence-electron chi connectivity index (χ0n) is 22.6. The molecule has 9 nitrogen and oxygen atoms in total. The van der Waals surface area contributed by atoms with Crippen LogP contribution in [0.15, 0.2) is 56.7 Å². The molecular formula is C29H31FN4O5S. The Hall–Kier alpha value is -3.86. The van der Waals surface area contributed by atoms with Gasteiger partial charge in [-0.2, -0.15) is 0 Å². The summed E-state index contributed by atoms with van der Waals surface area (Å²) < 4.78 is 30.6. The molecule has 11 heteroatoms. The number of halogens is 1. The minimum absolute atomic E-state index is 0.00106. The topological polar surface area (TPSA) is 116 Å². The lowest BCUT2D eigenvalue weighted by molar-refractivity contribution is -0.142. The van der Waals surface area contributed by atoms with Crippen LogP contribution in [0.3, 0.4) is 0 Å². The van der Waals surface area contributed by atoms with Gasteiger partial charge in [0.2, 0.25) is 0 Å². The van der Waals surface area contributed by atoms with Crippen molar-refractivity contribution in [2.75, 3.05) is 13.7 Å². The summed E-state index contributed by atoms with van der Waals surface area (Å²) in [6, 6.07) is 4.08. The monoisotopic (exact) mass is 566 g/mol. The maximum atomic E-state index is 14.6. The lowest BCUT2D eigenvalue weighted by Gasteiger charge is -2.34. The SMILES string of the molecule is CCOC(=O)Cc1coc(C2CCC(C3=C(C(=O)OC)C(c4cccc(F)c4C)N=C(c4nccs4)N3)CC2)n1. The Balaban J connectivity index is 1.44. The molecule has 0 bridgehead atoms. The van der Waals surface area contributed by atoms with Gasteiger partial charge in [-0.25, -0.2) is 19.2 Å². The molecule has 3 heterocycles. The minimum Gasteiger partial charge on any atom is -0.466 e. The fourth-order valence-electron chi connectivity index (χ4n) is 5.40. The summed E-state index contributed by atoms with van der Waals surface area (Å²) in [4.78, 5) is 38.9. The minimum atomic E-state index is -0.742. The normalized spacial score (nSPS) is 21.0. The molecule has 1 atom stereocenters. The average Bonchev–Trinajstić information content (AvgIpc) is 3.67. The molecule has 0 spiro atoms. The predicted octanol–water partition coefficient (Wildman–Crippen LogP) is 5.18. The van der Waals surface area contributed by atoms with E-state index < -0.39 is 12.0 Å². The van der Waals surface area contributed by atoms with Crippen molar-refractivity contribution >= 4 is 29.1 Å². The van der Waals surface area contributed by atoms with E-state index >= 15 is 0 Å². The number of oxazole rings is 1. The van der Waals surface area contributed by atoms with E-state index in [9.17, 15) is 14.0 Å². The number of nitrogens with one attached hydrogen (secondary N) is 1. The Morgan fingerprint density at radius 1 is 1.20 bits per heavy atom. The van der Waals surface area contributed by atoms with Crippen molar-refractivity contribution in [1.82, 2.24) is 15.3 Å². The van der Waals surface area contributed by atoms with Crippen LogP contribution in [-0.4, -0.2) is 41.5 Å². The number of aromatic nitrogens is 2. The van der Waals surface area contributed by atoms with Crippen LogP contribution in [0.25, 0.3) is 0 Å². The number of aliphatic imine (C=N–C) groups is 1. The van der Waals surface area contributed by atoms with Crippen LogP contribution in [0.5, 0.6) is 0 Å². The quantitative estimate of drug-likeness (QED) is 0.371. The van der Waals surface area contributed by atoms with Crippen molar-refractivity contribution in [1.29, 1.82) is 0 Å². The lowest BCUT2D eigenvalue weighted by atomic mass is 9.77. The largest absolute Gasteiger partial charge is 0.466 e. The van der Waals surface area contributed by atoms with Gasteiger partial charge < -0.3 is 19.2 Å². The molecule has 1 aliphatic heterocycles. The Labute approximate surface area is 235 Å². The van der Waals surface area contributed by atoms with E-state index in [2.05, 4.69) is 15.3 Å². The highest BCUT2D eigenvalue weighted by atomic mass is 32.1. The summed E-state index contributed by atoms with van der Waals surface area (Å²) in [7, 11) is 1.34. The van der Waals surface area contributed by atoms with Gasteiger partial charge in [0.05, 0.1) is 31.4 Å². The maximum absolute atomic E-state index is 14.6. The van der Waals surface area contributed by atoms with Gasteiger partial charge in [0.15, 0.2) is 16.7 Å². The molecule has 210 valence electrons. The number of allylic oxidation sites excluding steroid dienone is 1. The number of carbonyl (C=O) groups excluding carboxylic acids is 2. The maximum Gasteiger partial charge on any atom is 0.338 e. The second kappa shape index (κ2) is 12.1. The smallest absolute Gasteiger partial charge is 0.338 e. The Morgan fingerprint density at radius 2 is 1.98 bits per heavy atom. The highest BCUT2D eigenvalue weighted by Crippen LogP contribution is 2.43. The standard InChI is InChI=1S/C29H31FN4O5S/c1-4-38-22(35)14-19-15-39-27(32-19)18-10-8-17(9-11-18)24-23(29(36)37-3)25(20-6-5-7-21(30)16(20)2)34-26(33-24)28-31-12-13-40-28/h5-7,12-13,15,17-18,25H,4,8-11,14H2,1-3H3,(H,33,34). The molecule has 1 fully saturated rings. The van der Waals surface area contributed by atoms with Crippen LogP contribution in [-0.2, 0) is 25.5 Å². The zero-order valence-corrected chi connectivity index (χ0v) is 23.4. The molecule has 0 radical (unpaired) electrons. The number of hydrogen-bond donors (Lipinski definition) is 1. The first kappa shape index (κ1) is 27.7. The van der Waals surface area contributed by atoms with Crippen LogP contribution < -0.4 is 5.32 Å². The Kier molecular flexibility index (Phi) is 8.39. The summed E-state index contributed by atoms with van der Waals surface area (Å²) >= 11 is 1.43. The van der Waals surface area contributed by atoms with Crippen molar-refractivity contribution in [3.05, 3.63) is 80.8 Å². The number of amidine groups is 1. The summed E-state index contributed by atoms with van der Waals surface area (Å²) in [6.07, 6.45) is 6.34. The fourth-order valence-corrected chi connectivity index (χ4v) is 5.98. The molecule has 2 aromatic heterocycles. The van der Waals surface area contributed by atoms with Gasteiger partial charge in [-0.15, -0.1) is 11.3 Å². The molecule has 3 aromatic rings. The van der Waals surface area contributed by atoms with Crippen LogP contribution in [0.4, 0.5) is 4.39 Å². The third-order valence-electron chi connectivity index (χ3n) is 7.40. The molecule has 1 unspecified atom stereocenters. The number of benzene rings is 1. The van der Waals surface area contributed by atoms with Gasteiger partial charge >= 0.3 is 11.9 Å². The fraction of sp³-hybridized carbons (Fsp3) is 0.414. The number of esters is 2. The van der Waals surface area contributed by atoms with Crippen LogP contribution in [0.2, 0.25) is 0 Å². The highest BCUT2D eigenvalue weighted by Gasteiger charge is 2.38. The lowest BCUT2D eigenvalue weighted by Crippen LogP contribution is -2.37. The number of thiazole rings is 1. The second-order valence-corrected chi connectivity index (χ2v) is 10.7. The summed E-state index contributed by atoms with van der Waals surface area (Å²) in [6.45, 7) is 3.78. The van der Waals surface area contributed by atoms with E-state index in [4.69, 9.17) is 18.9 Å². The number of carbonyl (C=O) groups is 2. The van der Waals surface area contributed by atoms with Crippen LogP contribution in [0, 0.1) is 18.7 Å². The van der Waals surface area contributed by atoms with E-state index in [1.807, 2.05) is 5.38 Å². The molecule has 1 saturated carbocycles. The van der Waals surface area contributed by atoms with Crippen LogP contribution in [0.1, 0.15) is 72.3 Å². The molecule has 1 aliphatic carbocycles. The number of nitrogens with zero attached hydrogens (tertiary/aromatic N) is 3. The zero-order chi connectivity index (χ0) is 28.2. The van der Waals surface area contributed by atoms with Crippen molar-refractivity contribution in [3.63, 3.8) is 0 Å². The Morgan fingerprint density at radius 3 is 2.67 bits per heavy atom. The van der Waals surface area contributed by atoms with E-state index in [0.717, 1.165) is 31.4 Å². The molecule has 0 saturated heterocycles. The van der Waals surface area contributed by atoms with Crippen molar-refractivity contribution in [3.8, 4) is 0 Å². The molecule has 40 heavy (non-hydrogen) atoms. The second-order valence-electron chi connectivity index (χ2n) is 9.82. The van der Waals surface area contributed by atoms with E-state index in [1.165, 1.54) is 30.8 Å².